The lowest BCUT2D eigenvalue weighted by molar-refractivity contribution is 0.0215. The van der Waals surface area contributed by atoms with E-state index in [4.69, 9.17) is 9.15 Å². The van der Waals surface area contributed by atoms with E-state index >= 15 is 0 Å². The summed E-state index contributed by atoms with van der Waals surface area (Å²) in [7, 11) is 1.55. The number of rotatable bonds is 7. The van der Waals surface area contributed by atoms with E-state index in [0.717, 1.165) is 34.5 Å². The second kappa shape index (κ2) is 8.57. The first kappa shape index (κ1) is 19.3. The highest BCUT2D eigenvalue weighted by Crippen LogP contribution is 2.35. The molecule has 8 heteroatoms. The Morgan fingerprint density at radius 1 is 1.50 bits per heavy atom. The Morgan fingerprint density at radius 3 is 3.14 bits per heavy atom. The second-order valence-electron chi connectivity index (χ2n) is 7.13. The lowest BCUT2D eigenvalue weighted by Crippen LogP contribution is -2.50. The molecule has 2 aromatic heterocycles. The van der Waals surface area contributed by atoms with Crippen molar-refractivity contribution in [3.05, 3.63) is 35.4 Å². The molecule has 6 nitrogen and oxygen atoms in total. The van der Waals surface area contributed by atoms with Crippen LogP contribution in [0.15, 0.2) is 39.8 Å². The number of piperidine rings is 1. The topological polar surface area (TPSA) is 70.8 Å². The molecule has 0 aliphatic carbocycles. The standard InChI is InChI=1S/C20H24FN3O3S/c1-26-9-13(25)7-24-6-5-17(16(21)8-24)23-18-4-2-3-14-15(10-27-20(14)18)19-11-28-12-22-19/h2-4,10-13,16-17,23,25H,5-9H2,1H3. The van der Waals surface area contributed by atoms with E-state index in [-0.39, 0.29) is 19.2 Å². The summed E-state index contributed by atoms with van der Waals surface area (Å²) in [5.74, 6) is 0. The fraction of sp³-hybridized carbons (Fsp3) is 0.450. The Labute approximate surface area is 166 Å². The molecular formula is C20H24FN3O3S. The van der Waals surface area contributed by atoms with Gasteiger partial charge in [-0.1, -0.05) is 12.1 Å². The number of anilines is 1. The Kier molecular flexibility index (Phi) is 5.91. The number of methoxy groups -OCH3 is 1. The fourth-order valence-corrected chi connectivity index (χ4v) is 4.31. The molecule has 0 radical (unpaired) electrons. The molecule has 0 amide bonds. The van der Waals surface area contributed by atoms with Crippen molar-refractivity contribution in [1.29, 1.82) is 0 Å². The number of nitrogens with zero attached hydrogens (tertiary/aromatic N) is 2. The second-order valence-corrected chi connectivity index (χ2v) is 7.85. The third-order valence-electron chi connectivity index (χ3n) is 5.10. The largest absolute Gasteiger partial charge is 0.461 e. The number of hydrogen-bond acceptors (Lipinski definition) is 7. The van der Waals surface area contributed by atoms with E-state index in [0.29, 0.717) is 13.0 Å². The van der Waals surface area contributed by atoms with Gasteiger partial charge < -0.3 is 19.6 Å². The van der Waals surface area contributed by atoms with E-state index in [1.807, 2.05) is 28.5 Å². The van der Waals surface area contributed by atoms with Crippen molar-refractivity contribution >= 4 is 28.0 Å². The number of aliphatic hydroxyl groups is 1. The molecule has 3 unspecified atom stereocenters. The van der Waals surface area contributed by atoms with E-state index < -0.39 is 12.3 Å². The van der Waals surface area contributed by atoms with Gasteiger partial charge in [0.05, 0.1) is 35.6 Å². The normalized spacial score (nSPS) is 21.8. The zero-order chi connectivity index (χ0) is 19.5. The van der Waals surface area contributed by atoms with Gasteiger partial charge >= 0.3 is 0 Å². The number of alkyl halides is 1. The van der Waals surface area contributed by atoms with Crippen LogP contribution in [-0.4, -0.2) is 66.7 Å². The highest BCUT2D eigenvalue weighted by atomic mass is 32.1. The summed E-state index contributed by atoms with van der Waals surface area (Å²) in [6, 6.07) is 5.55. The van der Waals surface area contributed by atoms with E-state index in [1.54, 1.807) is 18.9 Å². The minimum Gasteiger partial charge on any atom is -0.461 e. The number of halogens is 1. The van der Waals surface area contributed by atoms with E-state index in [9.17, 15) is 9.50 Å². The van der Waals surface area contributed by atoms with Gasteiger partial charge in [0.25, 0.3) is 0 Å². The number of aliphatic hydroxyl groups excluding tert-OH is 1. The van der Waals surface area contributed by atoms with Gasteiger partial charge in [0.2, 0.25) is 0 Å². The van der Waals surface area contributed by atoms with Gasteiger partial charge in [-0.2, -0.15) is 0 Å². The maximum atomic E-state index is 14.8. The number of fused-ring (bicyclic) bond motifs is 1. The Bertz CT molecular complexity index is 901. The highest BCUT2D eigenvalue weighted by molar-refractivity contribution is 7.07. The fourth-order valence-electron chi connectivity index (χ4n) is 3.75. The molecule has 1 saturated heterocycles. The molecule has 3 aromatic rings. The molecule has 1 aliphatic rings. The van der Waals surface area contributed by atoms with Gasteiger partial charge in [-0.3, -0.25) is 4.90 Å². The monoisotopic (exact) mass is 405 g/mol. The Morgan fingerprint density at radius 2 is 2.39 bits per heavy atom. The lowest BCUT2D eigenvalue weighted by Gasteiger charge is -2.36. The van der Waals surface area contributed by atoms with Crippen LogP contribution in [0.2, 0.25) is 0 Å². The first-order chi connectivity index (χ1) is 13.7. The van der Waals surface area contributed by atoms with Crippen molar-refractivity contribution in [1.82, 2.24) is 9.88 Å². The predicted molar refractivity (Wildman–Crippen MR) is 109 cm³/mol. The predicted octanol–water partition coefficient (Wildman–Crippen LogP) is 3.39. The summed E-state index contributed by atoms with van der Waals surface area (Å²) >= 11 is 1.54. The molecule has 3 heterocycles. The molecule has 2 N–H and O–H groups in total. The quantitative estimate of drug-likeness (QED) is 0.628. The van der Waals surface area contributed by atoms with Gasteiger partial charge in [-0.15, -0.1) is 11.3 Å². The van der Waals surface area contributed by atoms with Crippen LogP contribution in [0, 0.1) is 0 Å². The lowest BCUT2D eigenvalue weighted by atomic mass is 10.0. The van der Waals surface area contributed by atoms with Gasteiger partial charge in [0.15, 0.2) is 5.58 Å². The highest BCUT2D eigenvalue weighted by Gasteiger charge is 2.30. The van der Waals surface area contributed by atoms with Crippen molar-refractivity contribution in [3.63, 3.8) is 0 Å². The zero-order valence-electron chi connectivity index (χ0n) is 15.7. The van der Waals surface area contributed by atoms with Gasteiger partial charge in [-0.25, -0.2) is 9.37 Å². The van der Waals surface area contributed by atoms with E-state index in [2.05, 4.69) is 10.3 Å². The minimum absolute atomic E-state index is 0.261. The van der Waals surface area contributed by atoms with Crippen molar-refractivity contribution in [2.75, 3.05) is 38.7 Å². The number of furan rings is 1. The third kappa shape index (κ3) is 4.05. The summed E-state index contributed by atoms with van der Waals surface area (Å²) in [6.45, 7) is 1.69. The number of thiazole rings is 1. The van der Waals surface area contributed by atoms with Gasteiger partial charge in [0.1, 0.15) is 12.4 Å². The molecule has 0 spiro atoms. The average molecular weight is 405 g/mol. The number of aromatic nitrogens is 1. The van der Waals surface area contributed by atoms with Crippen molar-refractivity contribution in [2.45, 2.75) is 24.7 Å². The Hall–Kier alpha value is -2.00. The molecule has 1 aliphatic heterocycles. The Balaban J connectivity index is 1.46. The van der Waals surface area contributed by atoms with Crippen LogP contribution >= 0.6 is 11.3 Å². The van der Waals surface area contributed by atoms with Crippen LogP contribution in [0.4, 0.5) is 10.1 Å². The van der Waals surface area contributed by atoms with Crippen molar-refractivity contribution < 1.29 is 18.7 Å². The maximum absolute atomic E-state index is 14.8. The van der Waals surface area contributed by atoms with Crippen LogP contribution < -0.4 is 5.32 Å². The van der Waals surface area contributed by atoms with Gasteiger partial charge in [0, 0.05) is 43.1 Å². The van der Waals surface area contributed by atoms with Crippen LogP contribution in [0.3, 0.4) is 0 Å². The molecule has 1 fully saturated rings. The minimum atomic E-state index is -1.04. The van der Waals surface area contributed by atoms with Gasteiger partial charge in [-0.05, 0) is 12.5 Å². The summed E-state index contributed by atoms with van der Waals surface area (Å²) in [6.07, 6.45) is 0.726. The summed E-state index contributed by atoms with van der Waals surface area (Å²) in [4.78, 5) is 6.30. The van der Waals surface area contributed by atoms with Crippen LogP contribution in [0.5, 0.6) is 0 Å². The molecule has 150 valence electrons. The molecule has 0 saturated carbocycles. The third-order valence-corrected chi connectivity index (χ3v) is 5.69. The number of ether oxygens (including phenoxy) is 1. The SMILES string of the molecule is COCC(O)CN1CCC(Nc2cccc3c(-c4cscn4)coc23)C(F)C1. The number of benzene rings is 1. The number of β-amino-alcohol motifs (C(OH)–C–C–N with tert-alkyl or cyclic N) is 1. The summed E-state index contributed by atoms with van der Waals surface area (Å²) < 4.78 is 25.5. The molecule has 3 atom stereocenters. The van der Waals surface area contributed by atoms with Crippen molar-refractivity contribution in [2.24, 2.45) is 0 Å². The number of nitrogens with one attached hydrogen (secondary N) is 1. The summed E-state index contributed by atoms with van der Waals surface area (Å²) in [5.41, 5.74) is 5.13. The average Bonchev–Trinajstić information content (AvgIpc) is 3.33. The number of hydrogen-bond donors (Lipinski definition) is 2. The molecule has 1 aromatic carbocycles. The molecule has 28 heavy (non-hydrogen) atoms. The molecule has 0 bridgehead atoms. The number of para-hydroxylation sites is 1. The van der Waals surface area contributed by atoms with E-state index in [1.165, 1.54) is 11.3 Å². The molecule has 4 rings (SSSR count). The maximum Gasteiger partial charge on any atom is 0.157 e. The molecular weight excluding hydrogens is 381 g/mol. The first-order valence-corrected chi connectivity index (χ1v) is 10.3. The van der Waals surface area contributed by atoms with Crippen LogP contribution in [0.1, 0.15) is 6.42 Å². The zero-order valence-corrected chi connectivity index (χ0v) is 16.5. The summed E-state index contributed by atoms with van der Waals surface area (Å²) in [5, 5.41) is 16.1. The van der Waals surface area contributed by atoms with Crippen LogP contribution in [0.25, 0.3) is 22.2 Å². The van der Waals surface area contributed by atoms with Crippen molar-refractivity contribution in [3.8, 4) is 11.3 Å². The smallest absolute Gasteiger partial charge is 0.157 e. The first-order valence-electron chi connectivity index (χ1n) is 9.34. The number of likely N-dealkylation sites (tertiary alicyclic amines) is 1. The van der Waals surface area contributed by atoms with Crippen LogP contribution in [-0.2, 0) is 4.74 Å².